The fraction of sp³-hybridized carbons (Fsp3) is 0.600. The molecular formula is C15H22N6O. The van der Waals surface area contributed by atoms with E-state index in [4.69, 9.17) is 0 Å². The number of hydrogen-bond donors (Lipinski definition) is 0. The third kappa shape index (κ3) is 2.75. The van der Waals surface area contributed by atoms with Crippen LogP contribution in [0.4, 0.5) is 0 Å². The number of amides is 1. The first kappa shape index (κ1) is 14.7. The van der Waals surface area contributed by atoms with E-state index in [0.29, 0.717) is 19.5 Å². The maximum absolute atomic E-state index is 12.4. The maximum Gasteiger partial charge on any atom is 0.224 e. The Kier molecular flexibility index (Phi) is 3.96. The molecular weight excluding hydrogens is 280 g/mol. The average Bonchev–Trinajstić information content (AvgIpc) is 3.06. The van der Waals surface area contributed by atoms with E-state index in [9.17, 15) is 4.79 Å². The zero-order valence-corrected chi connectivity index (χ0v) is 13.4. The quantitative estimate of drug-likeness (QED) is 0.847. The highest BCUT2D eigenvalue weighted by atomic mass is 16.2. The van der Waals surface area contributed by atoms with Gasteiger partial charge in [-0.05, 0) is 19.9 Å². The third-order valence-electron chi connectivity index (χ3n) is 4.14. The lowest BCUT2D eigenvalue weighted by molar-refractivity contribution is -0.133. The molecule has 0 fully saturated rings. The van der Waals surface area contributed by atoms with Crippen molar-refractivity contribution >= 4 is 5.91 Å². The van der Waals surface area contributed by atoms with Crippen molar-refractivity contribution in [3.05, 3.63) is 29.1 Å². The zero-order valence-electron chi connectivity index (χ0n) is 13.4. The largest absolute Gasteiger partial charge is 0.333 e. The second-order valence-corrected chi connectivity index (χ2v) is 5.75. The van der Waals surface area contributed by atoms with Gasteiger partial charge < -0.3 is 9.47 Å². The van der Waals surface area contributed by atoms with Crippen molar-refractivity contribution in [2.45, 2.75) is 53.2 Å². The van der Waals surface area contributed by atoms with Gasteiger partial charge in [0.05, 0.1) is 12.2 Å². The monoisotopic (exact) mass is 302 g/mol. The lowest BCUT2D eigenvalue weighted by Crippen LogP contribution is -2.39. The van der Waals surface area contributed by atoms with Gasteiger partial charge in [-0.15, -0.1) is 10.2 Å². The van der Waals surface area contributed by atoms with E-state index in [1.54, 1.807) is 0 Å². The maximum atomic E-state index is 12.4. The first-order valence-electron chi connectivity index (χ1n) is 7.78. The fourth-order valence-electron chi connectivity index (χ4n) is 2.95. The van der Waals surface area contributed by atoms with Gasteiger partial charge in [0.1, 0.15) is 5.82 Å². The molecule has 0 bridgehead atoms. The predicted octanol–water partition coefficient (Wildman–Crippen LogP) is 1.09. The highest BCUT2D eigenvalue weighted by Gasteiger charge is 2.23. The highest BCUT2D eigenvalue weighted by Crippen LogP contribution is 2.14. The molecule has 2 aromatic heterocycles. The van der Waals surface area contributed by atoms with Gasteiger partial charge in [-0.3, -0.25) is 9.48 Å². The van der Waals surface area contributed by atoms with Crippen molar-refractivity contribution in [2.75, 3.05) is 6.54 Å². The number of aryl methyl sites for hydroxylation is 4. The Hall–Kier alpha value is -2.18. The summed E-state index contributed by atoms with van der Waals surface area (Å²) in [6.07, 6.45) is 1.34. The van der Waals surface area contributed by atoms with Crippen molar-refractivity contribution in [3.8, 4) is 0 Å². The molecule has 3 heterocycles. The molecule has 0 radical (unpaired) electrons. The van der Waals surface area contributed by atoms with Crippen LogP contribution in [0, 0.1) is 13.8 Å². The molecule has 1 aliphatic heterocycles. The second kappa shape index (κ2) is 5.90. The van der Waals surface area contributed by atoms with E-state index in [-0.39, 0.29) is 5.91 Å². The number of carbonyl (C=O) groups excluding carboxylic acids is 1. The fourth-order valence-corrected chi connectivity index (χ4v) is 2.95. The number of fused-ring (bicyclic) bond motifs is 1. The lowest BCUT2D eigenvalue weighted by Gasteiger charge is -2.28. The van der Waals surface area contributed by atoms with Gasteiger partial charge in [-0.1, -0.05) is 6.92 Å². The van der Waals surface area contributed by atoms with Gasteiger partial charge in [-0.2, -0.15) is 5.10 Å². The SMILES string of the molecule is CCc1nnc2n1CCN(C(=O)CCn1nc(C)cc1C)C2. The summed E-state index contributed by atoms with van der Waals surface area (Å²) in [5.74, 6) is 2.05. The van der Waals surface area contributed by atoms with Crippen LogP contribution in [0.5, 0.6) is 0 Å². The molecule has 1 aliphatic rings. The van der Waals surface area contributed by atoms with Gasteiger partial charge in [0.25, 0.3) is 0 Å². The summed E-state index contributed by atoms with van der Waals surface area (Å²) in [6, 6.07) is 2.03. The van der Waals surface area contributed by atoms with Gasteiger partial charge in [-0.25, -0.2) is 0 Å². The van der Waals surface area contributed by atoms with E-state index in [1.807, 2.05) is 29.5 Å². The summed E-state index contributed by atoms with van der Waals surface area (Å²) in [7, 11) is 0. The van der Waals surface area contributed by atoms with Crippen molar-refractivity contribution in [2.24, 2.45) is 0 Å². The topological polar surface area (TPSA) is 68.8 Å². The van der Waals surface area contributed by atoms with Gasteiger partial charge in [0.15, 0.2) is 5.82 Å². The van der Waals surface area contributed by atoms with Gasteiger partial charge in [0, 0.05) is 38.2 Å². The van der Waals surface area contributed by atoms with Crippen LogP contribution in [0.2, 0.25) is 0 Å². The molecule has 0 saturated carbocycles. The summed E-state index contributed by atoms with van der Waals surface area (Å²) < 4.78 is 4.03. The van der Waals surface area contributed by atoms with E-state index in [0.717, 1.165) is 42.5 Å². The van der Waals surface area contributed by atoms with Crippen molar-refractivity contribution < 1.29 is 4.79 Å². The molecule has 0 aromatic carbocycles. The standard InChI is InChI=1S/C15H22N6O/c1-4-13-16-17-14-10-19(7-8-20(13)14)15(22)5-6-21-12(3)9-11(2)18-21/h9H,4-8,10H2,1-3H3. The van der Waals surface area contributed by atoms with Gasteiger partial charge in [0.2, 0.25) is 5.91 Å². The molecule has 0 atom stereocenters. The first-order valence-corrected chi connectivity index (χ1v) is 7.78. The van der Waals surface area contributed by atoms with Gasteiger partial charge >= 0.3 is 0 Å². The number of rotatable bonds is 4. The van der Waals surface area contributed by atoms with E-state index < -0.39 is 0 Å². The molecule has 3 rings (SSSR count). The molecule has 118 valence electrons. The van der Waals surface area contributed by atoms with Crippen LogP contribution >= 0.6 is 0 Å². The number of aromatic nitrogens is 5. The molecule has 1 amide bonds. The Bertz CT molecular complexity index is 686. The van der Waals surface area contributed by atoms with Crippen LogP contribution in [0.1, 0.15) is 36.4 Å². The normalized spacial score (nSPS) is 14.2. The zero-order chi connectivity index (χ0) is 15.7. The van der Waals surface area contributed by atoms with Crippen molar-refractivity contribution in [1.82, 2.24) is 29.4 Å². The Morgan fingerprint density at radius 1 is 1.27 bits per heavy atom. The Balaban J connectivity index is 1.61. The Morgan fingerprint density at radius 2 is 2.09 bits per heavy atom. The minimum absolute atomic E-state index is 0.153. The highest BCUT2D eigenvalue weighted by molar-refractivity contribution is 5.76. The lowest BCUT2D eigenvalue weighted by atomic mass is 10.3. The van der Waals surface area contributed by atoms with Crippen LogP contribution in [-0.2, 0) is 30.8 Å². The summed E-state index contributed by atoms with van der Waals surface area (Å²) >= 11 is 0. The van der Waals surface area contributed by atoms with E-state index >= 15 is 0 Å². The Morgan fingerprint density at radius 3 is 2.77 bits per heavy atom. The van der Waals surface area contributed by atoms with Crippen LogP contribution in [0.3, 0.4) is 0 Å². The predicted molar refractivity (Wildman–Crippen MR) is 81.1 cm³/mol. The molecule has 0 aliphatic carbocycles. The molecule has 0 N–H and O–H groups in total. The molecule has 2 aromatic rings. The first-order chi connectivity index (χ1) is 10.6. The molecule has 7 heteroatoms. The number of hydrogen-bond acceptors (Lipinski definition) is 4. The number of carbonyl (C=O) groups is 1. The molecule has 22 heavy (non-hydrogen) atoms. The summed E-state index contributed by atoms with van der Waals surface area (Å²) in [5.41, 5.74) is 2.08. The molecule has 7 nitrogen and oxygen atoms in total. The Labute approximate surface area is 129 Å². The van der Waals surface area contributed by atoms with E-state index in [1.165, 1.54) is 0 Å². The summed E-state index contributed by atoms with van der Waals surface area (Å²) in [5, 5.41) is 12.8. The summed E-state index contributed by atoms with van der Waals surface area (Å²) in [6.45, 7) is 8.76. The minimum atomic E-state index is 0.153. The van der Waals surface area contributed by atoms with Crippen LogP contribution in [-0.4, -0.2) is 41.9 Å². The second-order valence-electron chi connectivity index (χ2n) is 5.75. The molecule has 0 saturated heterocycles. The van der Waals surface area contributed by atoms with Crippen LogP contribution in [0.25, 0.3) is 0 Å². The summed E-state index contributed by atoms with van der Waals surface area (Å²) in [4.78, 5) is 14.3. The minimum Gasteiger partial charge on any atom is -0.333 e. The third-order valence-corrected chi connectivity index (χ3v) is 4.14. The van der Waals surface area contributed by atoms with E-state index in [2.05, 4.69) is 26.8 Å². The molecule has 0 spiro atoms. The smallest absolute Gasteiger partial charge is 0.224 e. The molecule has 0 unspecified atom stereocenters. The number of nitrogens with zero attached hydrogens (tertiary/aromatic N) is 6. The van der Waals surface area contributed by atoms with Crippen molar-refractivity contribution in [3.63, 3.8) is 0 Å². The average molecular weight is 302 g/mol. The van der Waals surface area contributed by atoms with Crippen LogP contribution < -0.4 is 0 Å². The van der Waals surface area contributed by atoms with Crippen molar-refractivity contribution in [1.29, 1.82) is 0 Å². The van der Waals surface area contributed by atoms with Crippen LogP contribution in [0.15, 0.2) is 6.07 Å².